The Kier molecular flexibility index (Phi) is 12.8. The summed E-state index contributed by atoms with van der Waals surface area (Å²) in [7, 11) is -1.83. The van der Waals surface area contributed by atoms with E-state index in [0.29, 0.717) is 5.92 Å². The molecule has 0 aromatic heterocycles. The van der Waals surface area contributed by atoms with Crippen LogP contribution in [0.25, 0.3) is 0 Å². The Hall–Kier alpha value is -0.653. The van der Waals surface area contributed by atoms with Crippen molar-refractivity contribution in [2.45, 2.75) is 142 Å². The average Bonchev–Trinajstić information content (AvgIpc) is 3.04. The molecule has 1 aliphatic rings. The van der Waals surface area contributed by atoms with Crippen LogP contribution in [0.3, 0.4) is 0 Å². The molecule has 1 aliphatic carbocycles. The quantitative estimate of drug-likeness (QED) is 0.138. The van der Waals surface area contributed by atoms with Gasteiger partial charge in [-0.2, -0.15) is 0 Å². The fourth-order valence-electron chi connectivity index (χ4n) is 4.53. The van der Waals surface area contributed by atoms with Gasteiger partial charge in [-0.25, -0.2) is 0 Å². The van der Waals surface area contributed by atoms with Crippen LogP contribution in [0.2, 0.25) is 18.1 Å². The Balaban J connectivity index is 2.66. The number of aliphatic hydroxyl groups is 1. The van der Waals surface area contributed by atoms with Gasteiger partial charge in [0, 0.05) is 18.4 Å². The van der Waals surface area contributed by atoms with Gasteiger partial charge in [0.05, 0.1) is 6.10 Å². The summed E-state index contributed by atoms with van der Waals surface area (Å²) in [5, 5.41) is 19.5. The smallest absolute Gasteiger partial charge is 0.303 e. The summed E-state index contributed by atoms with van der Waals surface area (Å²) in [6.45, 7) is 16.3. The van der Waals surface area contributed by atoms with Gasteiger partial charge in [0.1, 0.15) is 0 Å². The lowest BCUT2D eigenvalue weighted by Gasteiger charge is -2.41. The predicted molar refractivity (Wildman–Crippen MR) is 138 cm³/mol. The van der Waals surface area contributed by atoms with E-state index < -0.39 is 14.3 Å². The maximum atomic E-state index is 10.7. The second kappa shape index (κ2) is 13.9. The minimum Gasteiger partial charge on any atom is -0.481 e. The molecule has 32 heavy (non-hydrogen) atoms. The molecule has 0 fully saturated rings. The highest BCUT2D eigenvalue weighted by atomic mass is 28.4. The van der Waals surface area contributed by atoms with Crippen LogP contribution in [0.5, 0.6) is 0 Å². The molecule has 4 atom stereocenters. The first-order valence-corrected chi connectivity index (χ1v) is 16.1. The molecule has 0 aromatic carbocycles. The fraction of sp³-hybridized carbons (Fsp3) is 0.889. The van der Waals surface area contributed by atoms with Crippen molar-refractivity contribution in [2.24, 2.45) is 11.8 Å². The molecule has 0 spiro atoms. The highest BCUT2D eigenvalue weighted by molar-refractivity contribution is 6.74. The van der Waals surface area contributed by atoms with Gasteiger partial charge in [0.25, 0.3) is 0 Å². The summed E-state index contributed by atoms with van der Waals surface area (Å²) in [5.41, 5.74) is 1.43. The summed E-state index contributed by atoms with van der Waals surface area (Å²) in [5.74, 6) is 0.127. The molecule has 5 heteroatoms. The van der Waals surface area contributed by atoms with Crippen LogP contribution in [-0.2, 0) is 9.22 Å². The number of carboxylic acids is 1. The third-order valence-corrected chi connectivity index (χ3v) is 12.3. The lowest BCUT2D eigenvalue weighted by molar-refractivity contribution is -0.137. The van der Waals surface area contributed by atoms with E-state index in [0.717, 1.165) is 51.4 Å². The van der Waals surface area contributed by atoms with E-state index in [4.69, 9.17) is 9.53 Å². The van der Waals surface area contributed by atoms with E-state index in [-0.39, 0.29) is 29.6 Å². The predicted octanol–water partition coefficient (Wildman–Crippen LogP) is 7.72. The highest BCUT2D eigenvalue weighted by Gasteiger charge is 2.40. The van der Waals surface area contributed by atoms with Crippen LogP contribution in [-0.4, -0.2) is 36.7 Å². The number of aliphatic hydroxyl groups excluding tert-OH is 1. The Labute approximate surface area is 199 Å². The highest BCUT2D eigenvalue weighted by Crippen LogP contribution is 2.40. The molecule has 0 aromatic rings. The summed E-state index contributed by atoms with van der Waals surface area (Å²) in [6, 6.07) is 0. The Morgan fingerprint density at radius 3 is 2.41 bits per heavy atom. The summed E-state index contributed by atoms with van der Waals surface area (Å²) < 4.78 is 6.93. The number of carbonyl (C=O) groups is 1. The second-order valence-electron chi connectivity index (χ2n) is 11.6. The number of unbranched alkanes of at least 4 members (excludes halogenated alkanes) is 4. The maximum absolute atomic E-state index is 10.7. The van der Waals surface area contributed by atoms with E-state index >= 15 is 0 Å². The van der Waals surface area contributed by atoms with Gasteiger partial charge in [-0.1, -0.05) is 78.4 Å². The van der Waals surface area contributed by atoms with E-state index in [1.165, 1.54) is 24.8 Å². The molecule has 1 rings (SSSR count). The van der Waals surface area contributed by atoms with Crippen molar-refractivity contribution in [3.63, 3.8) is 0 Å². The van der Waals surface area contributed by atoms with Crippen LogP contribution in [0.4, 0.5) is 0 Å². The third-order valence-electron chi connectivity index (χ3n) is 7.84. The SMILES string of the molecule is CCCCC(C)C(CCC1=CC[C@H](O)[C@@H]1CCCCCCC(=O)O)O[Si](C)(C)C(C)(C)C. The molecule has 0 aliphatic heterocycles. The molecule has 4 nitrogen and oxygen atoms in total. The van der Waals surface area contributed by atoms with Crippen molar-refractivity contribution < 1.29 is 19.4 Å². The Bertz CT molecular complexity index is 579. The molecule has 0 saturated carbocycles. The van der Waals surface area contributed by atoms with Crippen LogP contribution in [0.15, 0.2) is 11.6 Å². The largest absolute Gasteiger partial charge is 0.481 e. The molecule has 2 N–H and O–H groups in total. The van der Waals surface area contributed by atoms with Gasteiger partial charge in [0.15, 0.2) is 8.32 Å². The molecular formula is C27H52O4Si. The third kappa shape index (κ3) is 10.1. The molecule has 0 bridgehead atoms. The fourth-order valence-corrected chi connectivity index (χ4v) is 5.99. The zero-order valence-electron chi connectivity index (χ0n) is 22.1. The summed E-state index contributed by atoms with van der Waals surface area (Å²) in [6.07, 6.45) is 14.0. The zero-order chi connectivity index (χ0) is 24.4. The monoisotopic (exact) mass is 468 g/mol. The van der Waals surface area contributed by atoms with Crippen molar-refractivity contribution in [1.29, 1.82) is 0 Å². The summed E-state index contributed by atoms with van der Waals surface area (Å²) in [4.78, 5) is 10.7. The number of aliphatic carboxylic acids is 1. The maximum Gasteiger partial charge on any atom is 0.303 e. The van der Waals surface area contributed by atoms with Gasteiger partial charge >= 0.3 is 5.97 Å². The summed E-state index contributed by atoms with van der Waals surface area (Å²) >= 11 is 0. The van der Waals surface area contributed by atoms with E-state index in [1.807, 2.05) is 0 Å². The van der Waals surface area contributed by atoms with Crippen molar-refractivity contribution in [1.82, 2.24) is 0 Å². The van der Waals surface area contributed by atoms with Crippen molar-refractivity contribution >= 4 is 14.3 Å². The van der Waals surface area contributed by atoms with Crippen LogP contribution < -0.4 is 0 Å². The molecular weight excluding hydrogens is 416 g/mol. The lowest BCUT2D eigenvalue weighted by atomic mass is 9.87. The van der Waals surface area contributed by atoms with Gasteiger partial charge in [0.2, 0.25) is 0 Å². The molecule has 0 amide bonds. The lowest BCUT2D eigenvalue weighted by Crippen LogP contribution is -2.45. The van der Waals surface area contributed by atoms with Gasteiger partial charge < -0.3 is 14.6 Å². The molecule has 2 unspecified atom stereocenters. The minimum atomic E-state index is -1.83. The molecule has 0 saturated heterocycles. The van der Waals surface area contributed by atoms with Crippen molar-refractivity contribution in [3.05, 3.63) is 11.6 Å². The van der Waals surface area contributed by atoms with Gasteiger partial charge in [-0.15, -0.1) is 0 Å². The molecule has 0 radical (unpaired) electrons. The zero-order valence-corrected chi connectivity index (χ0v) is 23.1. The number of carboxylic acid groups (broad SMARTS) is 1. The van der Waals surface area contributed by atoms with Crippen molar-refractivity contribution in [2.75, 3.05) is 0 Å². The Morgan fingerprint density at radius 1 is 1.16 bits per heavy atom. The second-order valence-corrected chi connectivity index (χ2v) is 16.4. The average molecular weight is 469 g/mol. The van der Waals surface area contributed by atoms with Gasteiger partial charge in [-0.05, 0) is 62.6 Å². The molecule has 0 heterocycles. The first kappa shape index (κ1) is 29.4. The number of hydrogen-bond acceptors (Lipinski definition) is 3. The normalized spacial score (nSPS) is 21.4. The first-order valence-electron chi connectivity index (χ1n) is 13.2. The van der Waals surface area contributed by atoms with Crippen LogP contribution in [0.1, 0.15) is 112 Å². The van der Waals surface area contributed by atoms with Gasteiger partial charge in [-0.3, -0.25) is 4.79 Å². The first-order chi connectivity index (χ1) is 14.9. The van der Waals surface area contributed by atoms with Crippen molar-refractivity contribution in [3.8, 4) is 0 Å². The molecule has 188 valence electrons. The standard InChI is InChI=1S/C27H52O4Si/c1-8-9-14-21(2)25(31-32(6,7)27(3,4)5)20-18-22-17-19-24(28)23(22)15-12-10-11-13-16-26(29)30/h17,21,23-25,28H,8-16,18-20H2,1-7H3,(H,29,30)/t21?,23-,24+,25?/m1/s1. The van der Waals surface area contributed by atoms with E-state index in [2.05, 4.69) is 53.8 Å². The van der Waals surface area contributed by atoms with Crippen LogP contribution in [0, 0.1) is 11.8 Å². The topological polar surface area (TPSA) is 66.8 Å². The van der Waals surface area contributed by atoms with E-state index in [1.54, 1.807) is 0 Å². The van der Waals surface area contributed by atoms with E-state index in [9.17, 15) is 9.90 Å². The minimum absolute atomic E-state index is 0.210. The number of hydrogen-bond donors (Lipinski definition) is 2. The Morgan fingerprint density at radius 2 is 1.81 bits per heavy atom. The van der Waals surface area contributed by atoms with Crippen LogP contribution >= 0.6 is 0 Å². The number of rotatable bonds is 16.